The topological polar surface area (TPSA) is 119 Å². The van der Waals surface area contributed by atoms with E-state index in [-0.39, 0.29) is 23.2 Å². The zero-order chi connectivity index (χ0) is 24.2. The van der Waals surface area contributed by atoms with E-state index in [1.165, 1.54) is 24.3 Å². The number of hydrogen-bond donors (Lipinski definition) is 1. The molecule has 3 amide bonds. The van der Waals surface area contributed by atoms with Gasteiger partial charge < -0.3 is 10.1 Å². The molecule has 0 radical (unpaired) electrons. The SMILES string of the molecule is CCOc1ccccc1NC(=O)[C@H](Cc1ccc([N+](=O)[O-])cc1)N1C(=O)c2ccccc2C1=O. The van der Waals surface area contributed by atoms with Crippen LogP contribution in [0, 0.1) is 10.1 Å². The second-order valence-electron chi connectivity index (χ2n) is 7.59. The molecule has 172 valence electrons. The average molecular weight is 459 g/mol. The van der Waals surface area contributed by atoms with Crippen molar-refractivity contribution in [3.05, 3.63) is 99.6 Å². The molecule has 9 heteroatoms. The van der Waals surface area contributed by atoms with E-state index in [1.54, 1.807) is 48.5 Å². The molecule has 1 N–H and O–H groups in total. The minimum Gasteiger partial charge on any atom is -0.492 e. The van der Waals surface area contributed by atoms with E-state index in [2.05, 4.69) is 5.32 Å². The highest BCUT2D eigenvalue weighted by Crippen LogP contribution is 2.29. The Bertz CT molecular complexity index is 1240. The number of anilines is 1. The predicted molar refractivity (Wildman–Crippen MR) is 124 cm³/mol. The van der Waals surface area contributed by atoms with Gasteiger partial charge in [-0.2, -0.15) is 0 Å². The number of ether oxygens (including phenoxy) is 1. The largest absolute Gasteiger partial charge is 0.492 e. The van der Waals surface area contributed by atoms with Crippen molar-refractivity contribution in [1.29, 1.82) is 0 Å². The number of carbonyl (C=O) groups is 3. The zero-order valence-electron chi connectivity index (χ0n) is 18.3. The molecular formula is C25H21N3O6. The van der Waals surface area contributed by atoms with Crippen molar-refractivity contribution in [1.82, 2.24) is 4.90 Å². The molecule has 0 saturated heterocycles. The highest BCUT2D eigenvalue weighted by Gasteiger charge is 2.42. The maximum absolute atomic E-state index is 13.5. The van der Waals surface area contributed by atoms with Gasteiger partial charge >= 0.3 is 0 Å². The lowest BCUT2D eigenvalue weighted by Crippen LogP contribution is -2.48. The van der Waals surface area contributed by atoms with Crippen molar-refractivity contribution >= 4 is 29.1 Å². The van der Waals surface area contributed by atoms with E-state index < -0.39 is 28.7 Å². The second-order valence-corrected chi connectivity index (χ2v) is 7.59. The molecule has 0 spiro atoms. The summed E-state index contributed by atoms with van der Waals surface area (Å²) < 4.78 is 5.56. The third-order valence-electron chi connectivity index (χ3n) is 5.46. The molecule has 3 aromatic carbocycles. The number of nitro groups is 1. The van der Waals surface area contributed by atoms with E-state index in [0.29, 0.717) is 23.6 Å². The first-order valence-corrected chi connectivity index (χ1v) is 10.6. The first-order chi connectivity index (χ1) is 16.4. The number of non-ortho nitro benzene ring substituents is 1. The number of amides is 3. The quantitative estimate of drug-likeness (QED) is 0.311. The Morgan fingerprint density at radius 1 is 0.971 bits per heavy atom. The van der Waals surface area contributed by atoms with Crippen molar-refractivity contribution in [2.24, 2.45) is 0 Å². The van der Waals surface area contributed by atoms with E-state index in [4.69, 9.17) is 4.74 Å². The molecule has 34 heavy (non-hydrogen) atoms. The van der Waals surface area contributed by atoms with Crippen LogP contribution < -0.4 is 10.1 Å². The number of fused-ring (bicyclic) bond motifs is 1. The lowest BCUT2D eigenvalue weighted by Gasteiger charge is -2.26. The number of hydrogen-bond acceptors (Lipinski definition) is 6. The summed E-state index contributed by atoms with van der Waals surface area (Å²) in [7, 11) is 0. The molecule has 1 aliphatic rings. The number of benzene rings is 3. The molecule has 1 atom stereocenters. The molecule has 1 aliphatic heterocycles. The number of rotatable bonds is 8. The van der Waals surface area contributed by atoms with Gasteiger partial charge in [0.1, 0.15) is 11.8 Å². The van der Waals surface area contributed by atoms with Crippen molar-refractivity contribution < 1.29 is 24.0 Å². The Balaban J connectivity index is 1.68. The molecule has 0 aliphatic carbocycles. The molecule has 9 nitrogen and oxygen atoms in total. The fourth-order valence-electron chi connectivity index (χ4n) is 3.84. The minimum atomic E-state index is -1.19. The normalized spacial score (nSPS) is 13.4. The molecule has 0 bridgehead atoms. The van der Waals surface area contributed by atoms with Crippen LogP contribution in [0.15, 0.2) is 72.8 Å². The van der Waals surface area contributed by atoms with Crippen LogP contribution in [0.3, 0.4) is 0 Å². The standard InChI is InChI=1S/C25H21N3O6/c1-2-34-22-10-6-5-9-20(22)26-23(29)21(15-16-11-13-17(14-12-16)28(32)33)27-24(30)18-7-3-4-8-19(18)25(27)31/h3-14,21H,2,15H2,1H3,(H,26,29)/t21-/m0/s1. The number of nitrogens with one attached hydrogen (secondary N) is 1. The summed E-state index contributed by atoms with van der Waals surface area (Å²) in [4.78, 5) is 51.1. The van der Waals surface area contributed by atoms with E-state index in [1.807, 2.05) is 6.92 Å². The van der Waals surface area contributed by atoms with Crippen molar-refractivity contribution in [2.75, 3.05) is 11.9 Å². The molecule has 0 unspecified atom stereocenters. The first kappa shape index (κ1) is 22.7. The van der Waals surface area contributed by atoms with Crippen molar-refractivity contribution in [3.8, 4) is 5.75 Å². The molecule has 0 aromatic heterocycles. The highest BCUT2D eigenvalue weighted by molar-refractivity contribution is 6.23. The Hall–Kier alpha value is -4.53. The summed E-state index contributed by atoms with van der Waals surface area (Å²) in [5, 5.41) is 13.8. The van der Waals surface area contributed by atoms with Gasteiger partial charge in [0.15, 0.2) is 0 Å². The Kier molecular flexibility index (Phi) is 6.35. The summed E-state index contributed by atoms with van der Waals surface area (Å²) in [6, 6.07) is 17.7. The molecule has 4 rings (SSSR count). The Morgan fingerprint density at radius 3 is 2.15 bits per heavy atom. The van der Waals surface area contributed by atoms with Gasteiger partial charge in [-0.25, -0.2) is 0 Å². The van der Waals surface area contributed by atoms with Crippen LogP contribution >= 0.6 is 0 Å². The lowest BCUT2D eigenvalue weighted by atomic mass is 10.0. The third kappa shape index (κ3) is 4.36. The predicted octanol–water partition coefficient (Wildman–Crippen LogP) is 3.84. The minimum absolute atomic E-state index is 0.0217. The Morgan fingerprint density at radius 2 is 1.56 bits per heavy atom. The summed E-state index contributed by atoms with van der Waals surface area (Å²) in [6.07, 6.45) is -0.0217. The van der Waals surface area contributed by atoms with Crippen molar-refractivity contribution in [3.63, 3.8) is 0 Å². The third-order valence-corrected chi connectivity index (χ3v) is 5.46. The van der Waals surface area contributed by atoms with E-state index in [9.17, 15) is 24.5 Å². The smallest absolute Gasteiger partial charge is 0.269 e. The van der Waals surface area contributed by atoms with Crippen LogP contribution in [0.5, 0.6) is 5.75 Å². The van der Waals surface area contributed by atoms with Crippen LogP contribution in [0.1, 0.15) is 33.2 Å². The summed E-state index contributed by atoms with van der Waals surface area (Å²) in [5.41, 5.74) is 1.31. The van der Waals surface area contributed by atoms with Crippen LogP contribution in [-0.2, 0) is 11.2 Å². The van der Waals surface area contributed by atoms with Gasteiger partial charge in [0, 0.05) is 18.6 Å². The summed E-state index contributed by atoms with van der Waals surface area (Å²) >= 11 is 0. The maximum Gasteiger partial charge on any atom is 0.269 e. The van der Waals surface area contributed by atoms with Crippen LogP contribution in [0.25, 0.3) is 0 Å². The van der Waals surface area contributed by atoms with Gasteiger partial charge in [0.25, 0.3) is 17.5 Å². The second kappa shape index (κ2) is 9.53. The monoisotopic (exact) mass is 459 g/mol. The zero-order valence-corrected chi connectivity index (χ0v) is 18.3. The lowest BCUT2D eigenvalue weighted by molar-refractivity contribution is -0.384. The van der Waals surface area contributed by atoms with Gasteiger partial charge in [-0.15, -0.1) is 0 Å². The highest BCUT2D eigenvalue weighted by atomic mass is 16.6. The number of nitro benzene ring substituents is 1. The van der Waals surface area contributed by atoms with E-state index in [0.717, 1.165) is 4.90 Å². The molecule has 0 saturated carbocycles. The molecule has 1 heterocycles. The van der Waals surface area contributed by atoms with Gasteiger partial charge in [0.2, 0.25) is 5.91 Å². The molecule has 3 aromatic rings. The fourth-order valence-corrected chi connectivity index (χ4v) is 3.84. The van der Waals surface area contributed by atoms with Crippen LogP contribution in [-0.4, -0.2) is 40.2 Å². The molecular weight excluding hydrogens is 438 g/mol. The van der Waals surface area contributed by atoms with E-state index >= 15 is 0 Å². The number of nitrogens with zero attached hydrogens (tertiary/aromatic N) is 2. The maximum atomic E-state index is 13.5. The van der Waals surface area contributed by atoms with Crippen molar-refractivity contribution in [2.45, 2.75) is 19.4 Å². The van der Waals surface area contributed by atoms with Gasteiger partial charge in [0.05, 0.1) is 28.3 Å². The molecule has 0 fully saturated rings. The first-order valence-electron chi connectivity index (χ1n) is 10.6. The van der Waals surface area contributed by atoms with Gasteiger partial charge in [-0.1, -0.05) is 36.4 Å². The summed E-state index contributed by atoms with van der Waals surface area (Å²) in [6.45, 7) is 2.20. The average Bonchev–Trinajstić information content (AvgIpc) is 3.09. The number of para-hydroxylation sites is 2. The Labute approximate surface area is 195 Å². The van der Waals surface area contributed by atoms with Crippen LogP contribution in [0.4, 0.5) is 11.4 Å². The number of imide groups is 1. The fraction of sp³-hybridized carbons (Fsp3) is 0.160. The number of carbonyl (C=O) groups excluding carboxylic acids is 3. The summed E-state index contributed by atoms with van der Waals surface area (Å²) in [5.74, 6) is -1.27. The van der Waals surface area contributed by atoms with Gasteiger partial charge in [-0.3, -0.25) is 29.4 Å². The van der Waals surface area contributed by atoms with Crippen LogP contribution in [0.2, 0.25) is 0 Å². The van der Waals surface area contributed by atoms with Gasteiger partial charge in [-0.05, 0) is 36.8 Å².